The molecule has 0 saturated carbocycles. The first-order valence-corrected chi connectivity index (χ1v) is 9.02. The first kappa shape index (κ1) is 17.5. The molecule has 1 aliphatic heterocycles. The summed E-state index contributed by atoms with van der Waals surface area (Å²) in [6.45, 7) is 3.82. The number of halogens is 2. The summed E-state index contributed by atoms with van der Waals surface area (Å²) in [6, 6.07) is 3.22. The van der Waals surface area contributed by atoms with E-state index in [0.717, 1.165) is 29.7 Å². The summed E-state index contributed by atoms with van der Waals surface area (Å²) in [7, 11) is 0. The summed E-state index contributed by atoms with van der Waals surface area (Å²) in [5, 5.41) is 7.61. The molecule has 0 spiro atoms. The third kappa shape index (κ3) is 3.39. The molecule has 1 heterocycles. The van der Waals surface area contributed by atoms with Crippen molar-refractivity contribution >= 4 is 46.3 Å². The maximum atomic E-state index is 12.4. The molecule has 24 heavy (non-hydrogen) atoms. The average Bonchev–Trinajstić information content (AvgIpc) is 2.49. The van der Waals surface area contributed by atoms with Gasteiger partial charge in [-0.05, 0) is 56.6 Å². The van der Waals surface area contributed by atoms with Crippen molar-refractivity contribution in [2.24, 2.45) is 0 Å². The molecule has 1 aromatic carbocycles. The minimum absolute atomic E-state index is 0.0373. The van der Waals surface area contributed by atoms with Gasteiger partial charge in [0, 0.05) is 17.7 Å². The fourth-order valence-corrected chi connectivity index (χ4v) is 3.88. The number of thiocarbonyl (C=S) groups is 1. The van der Waals surface area contributed by atoms with Crippen LogP contribution in [0.4, 0.5) is 0 Å². The largest absolute Gasteiger partial charge is 0.488 e. The zero-order valence-electron chi connectivity index (χ0n) is 13.4. The average molecular weight is 385 g/mol. The Balaban J connectivity index is 2.04. The maximum Gasteiger partial charge on any atom is 0.171 e. The van der Waals surface area contributed by atoms with Crippen LogP contribution in [0.1, 0.15) is 44.7 Å². The highest BCUT2D eigenvalue weighted by Gasteiger charge is 2.33. The molecule has 0 saturated heterocycles. The first-order valence-electron chi connectivity index (χ1n) is 7.86. The zero-order valence-corrected chi connectivity index (χ0v) is 15.7. The van der Waals surface area contributed by atoms with Gasteiger partial charge in [0.05, 0.1) is 22.2 Å². The Morgan fingerprint density at radius 1 is 1.25 bits per heavy atom. The van der Waals surface area contributed by atoms with E-state index in [1.165, 1.54) is 0 Å². The summed E-state index contributed by atoms with van der Waals surface area (Å²) >= 11 is 18.0. The molecule has 0 aromatic heterocycles. The highest BCUT2D eigenvalue weighted by Crippen LogP contribution is 2.40. The standard InChI is InChI=1S/C17H18Cl2N2O2S/c1-8(2)23-16-10(18)6-9(7-11(16)19)15-14-12(20-17(24)21-15)4-3-5-13(14)22/h6-8,15H,3-5H2,1-2H3,(H2,20,21,24). The van der Waals surface area contributed by atoms with Crippen LogP contribution in [-0.4, -0.2) is 17.0 Å². The van der Waals surface area contributed by atoms with E-state index in [9.17, 15) is 4.79 Å². The maximum absolute atomic E-state index is 12.4. The molecule has 0 radical (unpaired) electrons. The number of benzene rings is 1. The molecule has 1 unspecified atom stereocenters. The van der Waals surface area contributed by atoms with E-state index in [4.69, 9.17) is 40.2 Å². The lowest BCUT2D eigenvalue weighted by Gasteiger charge is -2.34. The molecule has 1 atom stereocenters. The highest BCUT2D eigenvalue weighted by atomic mass is 35.5. The third-order valence-corrected chi connectivity index (χ3v) is 4.77. The SMILES string of the molecule is CC(C)Oc1c(Cl)cc(C2NC(=S)NC3=C2C(=O)CCC3)cc1Cl. The van der Waals surface area contributed by atoms with E-state index in [2.05, 4.69) is 10.6 Å². The Hall–Kier alpha value is -1.30. The van der Waals surface area contributed by atoms with Gasteiger partial charge in [0.2, 0.25) is 0 Å². The Bertz CT molecular complexity index is 723. The lowest BCUT2D eigenvalue weighted by atomic mass is 9.85. The first-order chi connectivity index (χ1) is 11.4. The van der Waals surface area contributed by atoms with Gasteiger partial charge in [-0.1, -0.05) is 23.2 Å². The second-order valence-corrected chi connectivity index (χ2v) is 7.40. The Morgan fingerprint density at radius 2 is 1.92 bits per heavy atom. The quantitative estimate of drug-likeness (QED) is 0.760. The van der Waals surface area contributed by atoms with Gasteiger partial charge in [-0.2, -0.15) is 0 Å². The van der Waals surface area contributed by atoms with Crippen LogP contribution >= 0.6 is 35.4 Å². The molecule has 0 fully saturated rings. The van der Waals surface area contributed by atoms with Crippen molar-refractivity contribution in [3.05, 3.63) is 39.0 Å². The van der Waals surface area contributed by atoms with E-state index in [-0.39, 0.29) is 17.9 Å². The fourth-order valence-electron chi connectivity index (χ4n) is 3.05. The molecule has 2 N–H and O–H groups in total. The van der Waals surface area contributed by atoms with Gasteiger partial charge in [0.15, 0.2) is 16.6 Å². The minimum atomic E-state index is -0.343. The second kappa shape index (κ2) is 6.90. The molecule has 4 nitrogen and oxygen atoms in total. The van der Waals surface area contributed by atoms with Crippen molar-refractivity contribution < 1.29 is 9.53 Å². The summed E-state index contributed by atoms with van der Waals surface area (Å²) in [4.78, 5) is 12.4. The summed E-state index contributed by atoms with van der Waals surface area (Å²) in [5.74, 6) is 0.580. The lowest BCUT2D eigenvalue weighted by molar-refractivity contribution is -0.116. The fraction of sp³-hybridized carbons (Fsp3) is 0.412. The van der Waals surface area contributed by atoms with Gasteiger partial charge in [-0.25, -0.2) is 0 Å². The van der Waals surface area contributed by atoms with Crippen LogP contribution in [-0.2, 0) is 4.79 Å². The summed E-state index contributed by atoms with van der Waals surface area (Å²) < 4.78 is 5.67. The second-order valence-electron chi connectivity index (χ2n) is 6.18. The number of carbonyl (C=O) groups is 1. The van der Waals surface area contributed by atoms with Crippen molar-refractivity contribution in [3.63, 3.8) is 0 Å². The van der Waals surface area contributed by atoms with E-state index in [1.807, 2.05) is 13.8 Å². The van der Waals surface area contributed by atoms with E-state index >= 15 is 0 Å². The van der Waals surface area contributed by atoms with E-state index in [0.29, 0.717) is 27.3 Å². The molecular weight excluding hydrogens is 367 g/mol. The number of ketones is 1. The number of hydrogen-bond acceptors (Lipinski definition) is 3. The normalized spacial score (nSPS) is 20.6. The molecule has 128 valence electrons. The van der Waals surface area contributed by atoms with Gasteiger partial charge >= 0.3 is 0 Å². The van der Waals surface area contributed by atoms with Gasteiger partial charge in [0.25, 0.3) is 0 Å². The number of carbonyl (C=O) groups excluding carboxylic acids is 1. The van der Waals surface area contributed by atoms with Crippen LogP contribution in [0.15, 0.2) is 23.4 Å². The smallest absolute Gasteiger partial charge is 0.171 e. The molecule has 3 rings (SSSR count). The number of ether oxygens (including phenoxy) is 1. The monoisotopic (exact) mass is 384 g/mol. The highest BCUT2D eigenvalue weighted by molar-refractivity contribution is 7.80. The molecular formula is C17H18Cl2N2O2S. The lowest BCUT2D eigenvalue weighted by Crippen LogP contribution is -2.46. The van der Waals surface area contributed by atoms with Crippen LogP contribution in [0.25, 0.3) is 0 Å². The molecule has 0 amide bonds. The van der Waals surface area contributed by atoms with Crippen LogP contribution in [0.5, 0.6) is 5.75 Å². The predicted octanol–water partition coefficient (Wildman–Crippen LogP) is 4.31. The number of rotatable bonds is 3. The molecule has 1 aromatic rings. The molecule has 7 heteroatoms. The number of allylic oxidation sites excluding steroid dienone is 1. The topological polar surface area (TPSA) is 50.4 Å². The number of Topliss-reactive ketones (excluding diaryl/α,β-unsaturated/α-hetero) is 1. The van der Waals surface area contributed by atoms with Crippen LogP contribution in [0, 0.1) is 0 Å². The van der Waals surface area contributed by atoms with Crippen LogP contribution in [0.3, 0.4) is 0 Å². The van der Waals surface area contributed by atoms with Crippen molar-refractivity contribution in [1.82, 2.24) is 10.6 Å². The Kier molecular flexibility index (Phi) is 5.04. The van der Waals surface area contributed by atoms with Crippen molar-refractivity contribution in [1.29, 1.82) is 0 Å². The van der Waals surface area contributed by atoms with E-state index < -0.39 is 0 Å². The minimum Gasteiger partial charge on any atom is -0.488 e. The molecule has 1 aliphatic carbocycles. The van der Waals surface area contributed by atoms with Crippen molar-refractivity contribution in [3.8, 4) is 5.75 Å². The van der Waals surface area contributed by atoms with Crippen molar-refractivity contribution in [2.45, 2.75) is 45.3 Å². The van der Waals surface area contributed by atoms with Gasteiger partial charge in [-0.15, -0.1) is 0 Å². The Morgan fingerprint density at radius 3 is 2.54 bits per heavy atom. The van der Waals surface area contributed by atoms with E-state index in [1.54, 1.807) is 12.1 Å². The van der Waals surface area contributed by atoms with Gasteiger partial charge in [-0.3, -0.25) is 4.79 Å². The summed E-state index contributed by atoms with van der Waals surface area (Å²) in [5.41, 5.74) is 2.42. The Labute approximate surface area is 156 Å². The molecule has 0 bridgehead atoms. The number of nitrogens with one attached hydrogen (secondary N) is 2. The van der Waals surface area contributed by atoms with Crippen LogP contribution < -0.4 is 15.4 Å². The van der Waals surface area contributed by atoms with Crippen LogP contribution in [0.2, 0.25) is 10.0 Å². The molecule has 2 aliphatic rings. The third-order valence-electron chi connectivity index (χ3n) is 3.99. The van der Waals surface area contributed by atoms with Gasteiger partial charge in [0.1, 0.15) is 0 Å². The van der Waals surface area contributed by atoms with Crippen molar-refractivity contribution in [2.75, 3.05) is 0 Å². The summed E-state index contributed by atoms with van der Waals surface area (Å²) in [6.07, 6.45) is 2.16. The van der Waals surface area contributed by atoms with Gasteiger partial charge < -0.3 is 15.4 Å². The predicted molar refractivity (Wildman–Crippen MR) is 99.7 cm³/mol. The zero-order chi connectivity index (χ0) is 17.4. The number of hydrogen-bond donors (Lipinski definition) is 2.